The molecular formula is C48H56O8S2Ti. The molecule has 59 heavy (non-hydrogen) atoms. The number of aliphatic hydroxyl groups is 4. The molecule has 0 atom stereocenters. The Balaban J connectivity index is 0.000000339. The third kappa shape index (κ3) is 14.4. The zero-order chi connectivity index (χ0) is 43.9. The number of allylic oxidation sites excluding steroid dienone is 2. The van der Waals surface area contributed by atoms with Gasteiger partial charge in [0.25, 0.3) is 0 Å². The molecule has 312 valence electrons. The van der Waals surface area contributed by atoms with Crippen molar-refractivity contribution in [3.05, 3.63) is 128 Å². The van der Waals surface area contributed by atoms with Gasteiger partial charge in [0, 0.05) is 108 Å². The first kappa shape index (κ1) is 50.9. The van der Waals surface area contributed by atoms with Crippen LogP contribution in [0.3, 0.4) is 0 Å². The van der Waals surface area contributed by atoms with Gasteiger partial charge >= 0.3 is 0 Å². The van der Waals surface area contributed by atoms with E-state index < -0.39 is 10.8 Å². The Labute approximate surface area is 369 Å². The number of benzene rings is 4. The van der Waals surface area contributed by atoms with Gasteiger partial charge in [-0.3, -0.25) is 19.2 Å². The minimum absolute atomic E-state index is 0. The number of carbonyl (C=O) groups is 2. The van der Waals surface area contributed by atoms with Crippen molar-refractivity contribution >= 4 is 86.1 Å². The first-order valence-electron chi connectivity index (χ1n) is 19.0. The molecule has 6 aromatic rings. The molecular weight excluding hydrogens is 817 g/mol. The van der Waals surface area contributed by atoms with E-state index in [1.54, 1.807) is 106 Å². The molecule has 0 saturated heterocycles. The summed E-state index contributed by atoms with van der Waals surface area (Å²) in [5.74, 6) is -0.449. The first-order valence-corrected chi connectivity index (χ1v) is 20.6. The fraction of sp³-hybridized carbons (Fsp3) is 0.333. The maximum absolute atomic E-state index is 12.7. The Hall–Kier alpha value is -4.29. The van der Waals surface area contributed by atoms with Crippen LogP contribution in [0, 0.1) is 24.7 Å². The molecule has 4 aromatic carbocycles. The molecule has 0 saturated carbocycles. The van der Waals surface area contributed by atoms with E-state index in [1.165, 1.54) is 34.8 Å². The SMILES string of the molecule is CC(C)O.CC(C)O.Cc1ccc2sc3cc(/C(O)=C/C(=O)C(C)(C)C)ccc3c(=O)c2c1.Cc1ccc2sc3cc(/C(O)=C/C(=O)C(C)(C)C)ccc3c(=O)c2c1.[Ti]. The largest absolute Gasteiger partial charge is 0.507 e. The van der Waals surface area contributed by atoms with Crippen molar-refractivity contribution in [3.8, 4) is 0 Å². The van der Waals surface area contributed by atoms with Crippen LogP contribution in [0.15, 0.2) is 94.5 Å². The van der Waals surface area contributed by atoms with Crippen LogP contribution >= 0.6 is 22.7 Å². The second-order valence-corrected chi connectivity index (χ2v) is 18.9. The van der Waals surface area contributed by atoms with Crippen LogP contribution in [0.25, 0.3) is 51.9 Å². The maximum Gasteiger partial charge on any atom is 0.195 e. The topological polar surface area (TPSA) is 149 Å². The van der Waals surface area contributed by atoms with E-state index in [-0.39, 0.29) is 67.9 Å². The second-order valence-electron chi connectivity index (χ2n) is 16.8. The van der Waals surface area contributed by atoms with E-state index in [4.69, 9.17) is 10.2 Å². The van der Waals surface area contributed by atoms with Crippen LogP contribution in [0.1, 0.15) is 91.5 Å². The van der Waals surface area contributed by atoms with Crippen molar-refractivity contribution in [2.24, 2.45) is 10.8 Å². The van der Waals surface area contributed by atoms with Crippen LogP contribution in [0.2, 0.25) is 0 Å². The minimum atomic E-state index is -0.552. The molecule has 8 nitrogen and oxygen atoms in total. The standard InChI is InChI=1S/2C21H20O3S.2C3H8O.Ti/c2*1-12-5-8-17-15(9-12)20(24)14-7-6-13(10-18(14)25-17)16(22)11-19(23)21(2,3)4;2*1-3(2)4;/h2*5-11,22H,1-4H3;2*3-4H,1-2H3;/b2*16-11-;;;. The van der Waals surface area contributed by atoms with E-state index >= 15 is 0 Å². The van der Waals surface area contributed by atoms with Gasteiger partial charge in [-0.2, -0.15) is 0 Å². The normalized spacial score (nSPS) is 12.0. The van der Waals surface area contributed by atoms with Gasteiger partial charge in [-0.05, 0) is 90.1 Å². The van der Waals surface area contributed by atoms with Gasteiger partial charge in [0.1, 0.15) is 11.5 Å². The number of rotatable bonds is 4. The van der Waals surface area contributed by atoms with E-state index in [2.05, 4.69) is 0 Å². The van der Waals surface area contributed by atoms with Gasteiger partial charge in [-0.1, -0.05) is 76.9 Å². The van der Waals surface area contributed by atoms with Crippen LogP contribution in [0.4, 0.5) is 0 Å². The molecule has 4 N–H and O–H groups in total. The Morgan fingerprint density at radius 2 is 0.831 bits per heavy atom. The average molecular weight is 873 g/mol. The third-order valence-corrected chi connectivity index (χ3v) is 10.5. The van der Waals surface area contributed by atoms with Gasteiger partial charge in [0.2, 0.25) is 0 Å². The van der Waals surface area contributed by atoms with Crippen molar-refractivity contribution in [3.63, 3.8) is 0 Å². The summed E-state index contributed by atoms with van der Waals surface area (Å²) in [5, 5.41) is 39.4. The van der Waals surface area contributed by atoms with Gasteiger partial charge in [0.15, 0.2) is 22.4 Å². The van der Waals surface area contributed by atoms with Crippen molar-refractivity contribution in [2.45, 2.75) is 95.3 Å². The van der Waals surface area contributed by atoms with Gasteiger partial charge in [-0.15, -0.1) is 22.7 Å². The Kier molecular flexibility index (Phi) is 18.4. The molecule has 0 radical (unpaired) electrons. The molecule has 0 fully saturated rings. The number of fused-ring (bicyclic) bond motifs is 4. The Morgan fingerprint density at radius 3 is 1.12 bits per heavy atom. The average Bonchev–Trinajstić information content (AvgIpc) is 3.11. The van der Waals surface area contributed by atoms with E-state index in [0.29, 0.717) is 32.7 Å². The third-order valence-electron chi connectivity index (χ3n) is 8.26. The predicted molar refractivity (Wildman–Crippen MR) is 246 cm³/mol. The second kappa shape index (κ2) is 21.3. The van der Waals surface area contributed by atoms with E-state index in [0.717, 1.165) is 29.9 Å². The fourth-order valence-electron chi connectivity index (χ4n) is 5.10. The molecule has 0 spiro atoms. The monoisotopic (exact) mass is 872 g/mol. The number of hydrogen-bond donors (Lipinski definition) is 4. The van der Waals surface area contributed by atoms with Crippen molar-refractivity contribution in [1.29, 1.82) is 0 Å². The van der Waals surface area contributed by atoms with Crippen LogP contribution in [-0.2, 0) is 31.3 Å². The van der Waals surface area contributed by atoms with Gasteiger partial charge < -0.3 is 20.4 Å². The number of carbonyl (C=O) groups excluding carboxylic acids is 2. The Bertz CT molecular complexity index is 2450. The number of aryl methyl sites for hydroxylation is 2. The number of hydrogen-bond acceptors (Lipinski definition) is 10. The summed E-state index contributed by atoms with van der Waals surface area (Å²) in [5.41, 5.74) is 2.05. The van der Waals surface area contributed by atoms with E-state index in [9.17, 15) is 29.4 Å². The summed E-state index contributed by atoms with van der Waals surface area (Å²) in [6, 6.07) is 22.0. The minimum Gasteiger partial charge on any atom is -0.507 e. The zero-order valence-electron chi connectivity index (χ0n) is 36.0. The summed E-state index contributed by atoms with van der Waals surface area (Å²) in [7, 11) is 0. The first-order chi connectivity index (χ1) is 26.8. The fourth-order valence-corrected chi connectivity index (χ4v) is 7.29. The van der Waals surface area contributed by atoms with Crippen LogP contribution in [-0.4, -0.2) is 44.2 Å². The number of ketones is 2. The van der Waals surface area contributed by atoms with Crippen molar-refractivity contribution in [2.75, 3.05) is 0 Å². The molecule has 0 amide bonds. The molecule has 6 rings (SSSR count). The van der Waals surface area contributed by atoms with Crippen molar-refractivity contribution < 1.29 is 51.7 Å². The zero-order valence-corrected chi connectivity index (χ0v) is 39.2. The molecule has 0 aliphatic heterocycles. The van der Waals surface area contributed by atoms with Gasteiger partial charge in [0.05, 0.1) is 0 Å². The summed E-state index contributed by atoms with van der Waals surface area (Å²) in [6.45, 7) is 21.6. The molecule has 0 aliphatic rings. The number of aliphatic hydroxyl groups excluding tert-OH is 4. The summed E-state index contributed by atoms with van der Waals surface area (Å²) >= 11 is 3.01. The Morgan fingerprint density at radius 1 is 0.525 bits per heavy atom. The molecule has 11 heteroatoms. The van der Waals surface area contributed by atoms with Gasteiger partial charge in [-0.25, -0.2) is 0 Å². The molecule has 2 aromatic heterocycles. The van der Waals surface area contributed by atoms with Crippen LogP contribution < -0.4 is 10.9 Å². The molecule has 0 aliphatic carbocycles. The van der Waals surface area contributed by atoms with Crippen LogP contribution in [0.5, 0.6) is 0 Å². The van der Waals surface area contributed by atoms with Crippen molar-refractivity contribution in [1.82, 2.24) is 0 Å². The summed E-state index contributed by atoms with van der Waals surface area (Å²) in [6.07, 6.45) is 2.18. The molecule has 2 heterocycles. The summed E-state index contributed by atoms with van der Waals surface area (Å²) in [4.78, 5) is 49.6. The maximum atomic E-state index is 12.7. The quantitative estimate of drug-likeness (QED) is 0.0592. The molecule has 0 bridgehead atoms. The summed E-state index contributed by atoms with van der Waals surface area (Å²) < 4.78 is 3.41. The predicted octanol–water partition coefficient (Wildman–Crippen LogP) is 11.2. The molecule has 0 unspecified atom stereocenters. The van der Waals surface area contributed by atoms with E-state index in [1.807, 2.05) is 50.2 Å². The smallest absolute Gasteiger partial charge is 0.195 e.